The SMILES string of the molecule is CCCCCCCCCC1=CCC(C)=C1C(C)CCCCCC.CCCCCCc1cc(CC)c(CCC)c(C)c1C. The molecule has 242 valence electrons. The molecule has 1 aromatic rings. The Hall–Kier alpha value is -1.30. The number of unbranched alkanes of at least 4 members (excludes halogenated alkanes) is 12. The Bertz CT molecular complexity index is 895. The molecule has 1 aliphatic rings. The maximum atomic E-state index is 2.53. The monoisotopic (exact) mass is 579 g/mol. The van der Waals surface area contributed by atoms with E-state index < -0.39 is 0 Å². The van der Waals surface area contributed by atoms with Gasteiger partial charge < -0.3 is 0 Å². The minimum Gasteiger partial charge on any atom is -0.0770 e. The first kappa shape index (κ1) is 38.7. The average Bonchev–Trinajstić information content (AvgIpc) is 3.36. The summed E-state index contributed by atoms with van der Waals surface area (Å²) in [7, 11) is 0. The third kappa shape index (κ3) is 14.4. The smallest absolute Gasteiger partial charge is 0.0130 e. The molecule has 2 rings (SSSR count). The lowest BCUT2D eigenvalue weighted by Gasteiger charge is -2.18. The van der Waals surface area contributed by atoms with E-state index in [9.17, 15) is 0 Å². The van der Waals surface area contributed by atoms with Gasteiger partial charge in [0.1, 0.15) is 0 Å². The molecule has 0 radical (unpaired) electrons. The number of hydrogen-bond donors (Lipinski definition) is 0. The number of hydrogen-bond acceptors (Lipinski definition) is 0. The van der Waals surface area contributed by atoms with Crippen molar-refractivity contribution in [1.29, 1.82) is 0 Å². The van der Waals surface area contributed by atoms with Gasteiger partial charge in [-0.2, -0.15) is 0 Å². The molecule has 0 amide bonds. The lowest BCUT2D eigenvalue weighted by molar-refractivity contribution is 0.538. The Kier molecular flexibility index (Phi) is 22.2. The van der Waals surface area contributed by atoms with Crippen molar-refractivity contribution in [3.63, 3.8) is 0 Å². The van der Waals surface area contributed by atoms with Crippen LogP contribution in [0.4, 0.5) is 0 Å². The van der Waals surface area contributed by atoms with Gasteiger partial charge in [-0.15, -0.1) is 0 Å². The van der Waals surface area contributed by atoms with E-state index in [0.29, 0.717) is 0 Å². The van der Waals surface area contributed by atoms with E-state index in [-0.39, 0.29) is 0 Å². The summed E-state index contributed by atoms with van der Waals surface area (Å²) in [6.45, 7) is 20.9. The second-order valence-electron chi connectivity index (χ2n) is 13.6. The molecule has 0 nitrogen and oxygen atoms in total. The quantitative estimate of drug-likeness (QED) is 0.120. The van der Waals surface area contributed by atoms with Gasteiger partial charge in [0.2, 0.25) is 0 Å². The van der Waals surface area contributed by atoms with Gasteiger partial charge in [0.25, 0.3) is 0 Å². The summed E-state index contributed by atoms with van der Waals surface area (Å²) in [6, 6.07) is 2.50. The molecule has 0 spiro atoms. The van der Waals surface area contributed by atoms with Crippen LogP contribution in [-0.4, -0.2) is 0 Å². The van der Waals surface area contributed by atoms with Crippen LogP contribution >= 0.6 is 0 Å². The molecular formula is C42H74. The van der Waals surface area contributed by atoms with E-state index in [1.165, 1.54) is 141 Å². The molecule has 0 N–H and O–H groups in total. The van der Waals surface area contributed by atoms with Gasteiger partial charge in [0, 0.05) is 0 Å². The molecule has 0 saturated heterocycles. The van der Waals surface area contributed by atoms with Crippen molar-refractivity contribution < 1.29 is 0 Å². The highest BCUT2D eigenvalue weighted by atomic mass is 14.2. The van der Waals surface area contributed by atoms with Crippen LogP contribution in [0.25, 0.3) is 0 Å². The first-order chi connectivity index (χ1) is 20.4. The second-order valence-corrected chi connectivity index (χ2v) is 13.6. The van der Waals surface area contributed by atoms with E-state index in [4.69, 9.17) is 0 Å². The van der Waals surface area contributed by atoms with Crippen LogP contribution in [0.15, 0.2) is 28.9 Å². The second kappa shape index (κ2) is 24.1. The lowest BCUT2D eigenvalue weighted by atomic mass is 9.87. The van der Waals surface area contributed by atoms with Crippen molar-refractivity contribution in [2.24, 2.45) is 5.92 Å². The minimum absolute atomic E-state index is 0.783. The molecule has 0 saturated carbocycles. The highest BCUT2D eigenvalue weighted by Gasteiger charge is 2.19. The standard InChI is InChI=1S/C23H42.C19H32/c1-5-7-9-11-12-13-15-17-22-19-18-21(4)23(22)20(3)16-14-10-8-6-2;1-6-9-10-11-13-18-14-17(8-3)19(12-7-2)16(5)15(18)4/h19-20H,5-18H2,1-4H3;14H,6-13H2,1-5H3. The molecule has 42 heavy (non-hydrogen) atoms. The largest absolute Gasteiger partial charge is 0.0770 e. The zero-order chi connectivity index (χ0) is 31.2. The Morgan fingerprint density at radius 1 is 0.571 bits per heavy atom. The Balaban J connectivity index is 0.000000428. The molecular weight excluding hydrogens is 504 g/mol. The fraction of sp³-hybridized carbons (Fsp3) is 0.762. The highest BCUT2D eigenvalue weighted by molar-refractivity contribution is 5.45. The molecule has 0 heterocycles. The number of allylic oxidation sites excluding steroid dienone is 4. The van der Waals surface area contributed by atoms with Crippen LogP contribution in [0, 0.1) is 19.8 Å². The first-order valence-electron chi connectivity index (χ1n) is 18.9. The molecule has 0 bridgehead atoms. The molecule has 0 fully saturated rings. The van der Waals surface area contributed by atoms with E-state index in [2.05, 4.69) is 74.5 Å². The van der Waals surface area contributed by atoms with Gasteiger partial charge in [-0.3, -0.25) is 0 Å². The summed E-state index contributed by atoms with van der Waals surface area (Å²) >= 11 is 0. The molecule has 1 unspecified atom stereocenters. The number of aryl methyl sites for hydroxylation is 2. The van der Waals surface area contributed by atoms with Gasteiger partial charge >= 0.3 is 0 Å². The fourth-order valence-electron chi connectivity index (χ4n) is 7.07. The normalized spacial score (nSPS) is 13.8. The predicted octanol–water partition coefficient (Wildman–Crippen LogP) is 14.3. The van der Waals surface area contributed by atoms with Crippen molar-refractivity contribution in [3.05, 3.63) is 56.7 Å². The van der Waals surface area contributed by atoms with Crippen molar-refractivity contribution >= 4 is 0 Å². The molecule has 1 aliphatic carbocycles. The van der Waals surface area contributed by atoms with Crippen molar-refractivity contribution in [3.8, 4) is 0 Å². The maximum absolute atomic E-state index is 2.53. The summed E-state index contributed by atoms with van der Waals surface area (Å²) < 4.78 is 0. The number of rotatable bonds is 22. The summed E-state index contributed by atoms with van der Waals surface area (Å²) in [4.78, 5) is 0. The third-order valence-electron chi connectivity index (χ3n) is 9.91. The van der Waals surface area contributed by atoms with Crippen LogP contribution in [0.2, 0.25) is 0 Å². The van der Waals surface area contributed by atoms with E-state index in [1.54, 1.807) is 44.5 Å². The van der Waals surface area contributed by atoms with E-state index >= 15 is 0 Å². The van der Waals surface area contributed by atoms with E-state index in [1.807, 2.05) is 0 Å². The van der Waals surface area contributed by atoms with Crippen LogP contribution in [0.3, 0.4) is 0 Å². The van der Waals surface area contributed by atoms with Crippen LogP contribution in [-0.2, 0) is 19.3 Å². The van der Waals surface area contributed by atoms with Crippen molar-refractivity contribution in [2.75, 3.05) is 0 Å². The van der Waals surface area contributed by atoms with Crippen molar-refractivity contribution in [2.45, 2.75) is 204 Å². The fourth-order valence-corrected chi connectivity index (χ4v) is 7.07. The topological polar surface area (TPSA) is 0 Å². The van der Waals surface area contributed by atoms with Crippen molar-refractivity contribution in [1.82, 2.24) is 0 Å². The van der Waals surface area contributed by atoms with Crippen LogP contribution < -0.4 is 0 Å². The lowest BCUT2D eigenvalue weighted by Crippen LogP contribution is -2.03. The highest BCUT2D eigenvalue weighted by Crippen LogP contribution is 2.37. The average molecular weight is 579 g/mol. The van der Waals surface area contributed by atoms with Gasteiger partial charge in [-0.25, -0.2) is 0 Å². The zero-order valence-electron chi connectivity index (χ0n) is 30.3. The van der Waals surface area contributed by atoms with Gasteiger partial charge in [0.05, 0.1) is 0 Å². The molecule has 0 aliphatic heterocycles. The molecule has 0 aromatic heterocycles. The Morgan fingerprint density at radius 2 is 1.12 bits per heavy atom. The van der Waals surface area contributed by atoms with Crippen LogP contribution in [0.1, 0.15) is 198 Å². The molecule has 1 atom stereocenters. The van der Waals surface area contributed by atoms with Crippen LogP contribution in [0.5, 0.6) is 0 Å². The summed E-state index contributed by atoms with van der Waals surface area (Å²) in [5.74, 6) is 0.783. The van der Waals surface area contributed by atoms with E-state index in [0.717, 1.165) is 5.92 Å². The van der Waals surface area contributed by atoms with Gasteiger partial charge in [-0.05, 0) is 117 Å². The number of benzene rings is 1. The molecule has 0 heteroatoms. The first-order valence-corrected chi connectivity index (χ1v) is 18.9. The van der Waals surface area contributed by atoms with Gasteiger partial charge in [-0.1, -0.05) is 149 Å². The maximum Gasteiger partial charge on any atom is -0.0130 e. The zero-order valence-corrected chi connectivity index (χ0v) is 30.3. The Labute approximate surface area is 265 Å². The Morgan fingerprint density at radius 3 is 1.71 bits per heavy atom. The predicted molar refractivity (Wildman–Crippen MR) is 193 cm³/mol. The summed E-state index contributed by atoms with van der Waals surface area (Å²) in [6.07, 6.45) is 32.4. The minimum atomic E-state index is 0.783. The summed E-state index contributed by atoms with van der Waals surface area (Å²) in [5.41, 5.74) is 13.0. The summed E-state index contributed by atoms with van der Waals surface area (Å²) in [5, 5.41) is 0. The molecule has 1 aromatic carbocycles. The van der Waals surface area contributed by atoms with Gasteiger partial charge in [0.15, 0.2) is 0 Å². The third-order valence-corrected chi connectivity index (χ3v) is 9.91.